The lowest BCUT2D eigenvalue weighted by Gasteiger charge is -2.39. The highest BCUT2D eigenvalue weighted by Gasteiger charge is 2.42. The van der Waals surface area contributed by atoms with Gasteiger partial charge in [-0.1, -0.05) is 6.07 Å². The highest BCUT2D eigenvalue weighted by atomic mass is 19.1. The van der Waals surface area contributed by atoms with Gasteiger partial charge in [0, 0.05) is 50.9 Å². The molecule has 1 aromatic heterocycles. The molecule has 2 heterocycles. The van der Waals surface area contributed by atoms with Crippen LogP contribution in [0.2, 0.25) is 0 Å². The Kier molecular flexibility index (Phi) is 9.35. The number of hydrogen-bond acceptors (Lipinski definition) is 7. The number of benzene rings is 1. The molecular formula is C31H42FN7O3. The molecular weight excluding hydrogens is 537 g/mol. The van der Waals surface area contributed by atoms with Gasteiger partial charge in [0.05, 0.1) is 5.69 Å². The number of carbonyl (C=O) groups excluding carboxylic acids is 3. The number of anilines is 2. The second-order valence-corrected chi connectivity index (χ2v) is 12.2. The number of nitrogens with zero attached hydrogens (tertiary/aromatic N) is 4. The van der Waals surface area contributed by atoms with Crippen molar-refractivity contribution in [3.63, 3.8) is 0 Å². The summed E-state index contributed by atoms with van der Waals surface area (Å²) in [6.45, 7) is 5.52. The third-order valence-electron chi connectivity index (χ3n) is 8.81. The molecule has 10 nitrogen and oxygen atoms in total. The molecule has 0 radical (unpaired) electrons. The normalized spacial score (nSPS) is 20.6. The monoisotopic (exact) mass is 579 g/mol. The number of halogens is 1. The smallest absolute Gasteiger partial charge is 0.245 e. The number of rotatable bonds is 12. The minimum atomic E-state index is -0.897. The largest absolute Gasteiger partial charge is 0.343 e. The van der Waals surface area contributed by atoms with Gasteiger partial charge in [-0.3, -0.25) is 14.4 Å². The molecule has 1 aromatic carbocycles. The lowest BCUT2D eigenvalue weighted by molar-refractivity contribution is -0.138. The van der Waals surface area contributed by atoms with Crippen LogP contribution in [0.1, 0.15) is 51.5 Å². The lowest BCUT2D eigenvalue weighted by atomic mass is 9.94. The SMILES string of the molecule is CC(Nc1ncccn1)C(=O)NC(Cc1ccc(NC(=O)CC(C2CC2)C2CC2)c(F)c1)C(=O)N1CCN(C)C(C)C1. The number of hydrogen-bond donors (Lipinski definition) is 3. The predicted molar refractivity (Wildman–Crippen MR) is 158 cm³/mol. The molecule has 3 amide bonds. The van der Waals surface area contributed by atoms with Crippen molar-refractivity contribution < 1.29 is 18.8 Å². The summed E-state index contributed by atoms with van der Waals surface area (Å²) in [5.41, 5.74) is 0.682. The van der Waals surface area contributed by atoms with E-state index in [1.54, 1.807) is 42.4 Å². The molecule has 226 valence electrons. The molecule has 2 saturated carbocycles. The van der Waals surface area contributed by atoms with Crippen LogP contribution in [0, 0.1) is 23.6 Å². The van der Waals surface area contributed by atoms with E-state index in [0.717, 1.165) is 6.54 Å². The van der Waals surface area contributed by atoms with E-state index in [2.05, 4.69) is 37.7 Å². The summed E-state index contributed by atoms with van der Waals surface area (Å²) in [6, 6.07) is 4.84. The van der Waals surface area contributed by atoms with E-state index in [4.69, 9.17) is 0 Å². The molecule has 0 spiro atoms. The van der Waals surface area contributed by atoms with E-state index in [9.17, 15) is 14.4 Å². The maximum absolute atomic E-state index is 15.2. The molecule has 3 aliphatic rings. The van der Waals surface area contributed by atoms with Gasteiger partial charge in [0.15, 0.2) is 0 Å². The second-order valence-electron chi connectivity index (χ2n) is 12.2. The van der Waals surface area contributed by atoms with E-state index in [1.165, 1.54) is 31.7 Å². The van der Waals surface area contributed by atoms with Gasteiger partial charge < -0.3 is 25.8 Å². The molecule has 3 fully saturated rings. The Morgan fingerprint density at radius 3 is 2.38 bits per heavy atom. The molecule has 3 unspecified atom stereocenters. The first-order valence-corrected chi connectivity index (χ1v) is 15.1. The summed E-state index contributed by atoms with van der Waals surface area (Å²) in [6.07, 6.45) is 8.44. The first-order valence-electron chi connectivity index (χ1n) is 15.1. The third-order valence-corrected chi connectivity index (χ3v) is 8.81. The molecule has 5 rings (SSSR count). The van der Waals surface area contributed by atoms with Gasteiger partial charge in [-0.25, -0.2) is 14.4 Å². The minimum absolute atomic E-state index is 0.108. The van der Waals surface area contributed by atoms with Crippen molar-refractivity contribution in [2.45, 2.75) is 70.5 Å². The standard InChI is InChI=1S/C31H42FN7O3/c1-19-18-39(14-13-38(19)3)30(42)27(37-29(41)20(2)35-31-33-11-4-12-34-31)16-21-5-10-26(25(32)15-21)36-28(40)17-24(22-6-7-22)23-8-9-23/h4-5,10-12,15,19-20,22-24,27H,6-9,13-14,16-18H2,1-3H3,(H,36,40)(H,37,41)(H,33,34,35). The number of piperazine rings is 1. The Bertz CT molecular complexity index is 1260. The second kappa shape index (κ2) is 13.1. The number of likely N-dealkylation sites (N-methyl/N-ethyl adjacent to an activating group) is 1. The highest BCUT2D eigenvalue weighted by molar-refractivity contribution is 5.92. The highest BCUT2D eigenvalue weighted by Crippen LogP contribution is 2.50. The van der Waals surface area contributed by atoms with Gasteiger partial charge in [-0.2, -0.15) is 0 Å². The van der Waals surface area contributed by atoms with Crippen LogP contribution in [0.15, 0.2) is 36.7 Å². The average Bonchev–Trinajstić information content (AvgIpc) is 3.89. The zero-order valence-corrected chi connectivity index (χ0v) is 24.7. The van der Waals surface area contributed by atoms with Gasteiger partial charge >= 0.3 is 0 Å². The Labute approximate surface area is 246 Å². The van der Waals surface area contributed by atoms with Gasteiger partial charge in [0.25, 0.3) is 0 Å². The molecule has 0 bridgehead atoms. The number of amides is 3. The quantitative estimate of drug-likeness (QED) is 0.354. The predicted octanol–water partition coefficient (Wildman–Crippen LogP) is 3.07. The van der Waals surface area contributed by atoms with E-state index >= 15 is 4.39 Å². The van der Waals surface area contributed by atoms with E-state index in [0.29, 0.717) is 48.8 Å². The molecule has 2 aromatic rings. The minimum Gasteiger partial charge on any atom is -0.343 e. The average molecular weight is 580 g/mol. The van der Waals surface area contributed by atoms with Crippen molar-refractivity contribution >= 4 is 29.4 Å². The van der Waals surface area contributed by atoms with E-state index in [-0.39, 0.29) is 30.0 Å². The molecule has 1 saturated heterocycles. The van der Waals surface area contributed by atoms with Crippen LogP contribution in [0.25, 0.3) is 0 Å². The fraction of sp³-hybridized carbons (Fsp3) is 0.581. The third kappa shape index (κ3) is 7.81. The summed E-state index contributed by atoms with van der Waals surface area (Å²) in [4.78, 5) is 51.7. The first kappa shape index (κ1) is 29.9. The molecule has 1 aliphatic heterocycles. The molecule has 42 heavy (non-hydrogen) atoms. The van der Waals surface area contributed by atoms with Crippen LogP contribution >= 0.6 is 0 Å². The van der Waals surface area contributed by atoms with Crippen LogP contribution in [-0.4, -0.2) is 82.3 Å². The van der Waals surface area contributed by atoms with Crippen molar-refractivity contribution in [2.24, 2.45) is 17.8 Å². The molecule has 3 atom stereocenters. The molecule has 3 N–H and O–H groups in total. The van der Waals surface area contributed by atoms with Crippen molar-refractivity contribution in [3.05, 3.63) is 48.0 Å². The van der Waals surface area contributed by atoms with Crippen LogP contribution < -0.4 is 16.0 Å². The summed E-state index contributed by atoms with van der Waals surface area (Å²) >= 11 is 0. The maximum atomic E-state index is 15.2. The topological polar surface area (TPSA) is 120 Å². The van der Waals surface area contributed by atoms with E-state index in [1.807, 2.05) is 7.05 Å². The van der Waals surface area contributed by atoms with Crippen LogP contribution in [0.5, 0.6) is 0 Å². The molecule has 2 aliphatic carbocycles. The van der Waals surface area contributed by atoms with Gasteiger partial charge in [-0.15, -0.1) is 0 Å². The fourth-order valence-corrected chi connectivity index (χ4v) is 5.80. The molecule has 11 heteroatoms. The van der Waals surface area contributed by atoms with Crippen molar-refractivity contribution in [1.82, 2.24) is 25.1 Å². The summed E-state index contributed by atoms with van der Waals surface area (Å²) in [7, 11) is 2.02. The Balaban J connectivity index is 1.25. The Morgan fingerprint density at radius 2 is 1.76 bits per heavy atom. The number of aromatic nitrogens is 2. The van der Waals surface area contributed by atoms with Gasteiger partial charge in [-0.05, 0) is 88.1 Å². The van der Waals surface area contributed by atoms with Crippen LogP contribution in [-0.2, 0) is 20.8 Å². The fourth-order valence-electron chi connectivity index (χ4n) is 5.80. The number of carbonyl (C=O) groups is 3. The van der Waals surface area contributed by atoms with Crippen molar-refractivity contribution in [3.8, 4) is 0 Å². The van der Waals surface area contributed by atoms with Gasteiger partial charge in [0.1, 0.15) is 17.9 Å². The maximum Gasteiger partial charge on any atom is 0.245 e. The summed E-state index contributed by atoms with van der Waals surface area (Å²) in [5, 5.41) is 8.58. The van der Waals surface area contributed by atoms with Crippen LogP contribution in [0.4, 0.5) is 16.0 Å². The van der Waals surface area contributed by atoms with Crippen molar-refractivity contribution in [1.29, 1.82) is 0 Å². The van der Waals surface area contributed by atoms with E-state index < -0.39 is 23.8 Å². The van der Waals surface area contributed by atoms with Crippen molar-refractivity contribution in [2.75, 3.05) is 37.3 Å². The Morgan fingerprint density at radius 1 is 1.07 bits per heavy atom. The number of nitrogens with one attached hydrogen (secondary N) is 3. The zero-order chi connectivity index (χ0) is 29.8. The Hall–Kier alpha value is -3.60. The zero-order valence-electron chi connectivity index (χ0n) is 24.7. The van der Waals surface area contributed by atoms with Crippen LogP contribution in [0.3, 0.4) is 0 Å². The summed E-state index contributed by atoms with van der Waals surface area (Å²) in [5.74, 6) is 0.671. The summed E-state index contributed by atoms with van der Waals surface area (Å²) < 4.78 is 15.2. The lowest BCUT2D eigenvalue weighted by Crippen LogP contribution is -2.58. The van der Waals surface area contributed by atoms with Gasteiger partial charge in [0.2, 0.25) is 23.7 Å². The first-order chi connectivity index (χ1) is 20.2.